The van der Waals surface area contributed by atoms with E-state index in [2.05, 4.69) is 45.9 Å². The topological polar surface area (TPSA) is 126 Å². The predicted molar refractivity (Wildman–Crippen MR) is 147 cm³/mol. The van der Waals surface area contributed by atoms with Gasteiger partial charge in [-0.25, -0.2) is 15.0 Å². The van der Waals surface area contributed by atoms with Crippen LogP contribution in [-0.2, 0) is 4.79 Å². The van der Waals surface area contributed by atoms with Crippen molar-refractivity contribution < 1.29 is 4.79 Å². The quantitative estimate of drug-likeness (QED) is 0.293. The zero-order chi connectivity index (χ0) is 25.9. The van der Waals surface area contributed by atoms with Crippen LogP contribution in [0.3, 0.4) is 0 Å². The third kappa shape index (κ3) is 7.20. The van der Waals surface area contributed by atoms with Gasteiger partial charge in [-0.15, -0.1) is 0 Å². The molecule has 0 atom stereocenters. The first kappa shape index (κ1) is 26.0. The number of rotatable bonds is 7. The Morgan fingerprint density at radius 2 is 1.78 bits per heavy atom. The van der Waals surface area contributed by atoms with Crippen LogP contribution in [0.2, 0.25) is 0 Å². The zero-order valence-electron chi connectivity index (χ0n) is 21.5. The fourth-order valence-electron chi connectivity index (χ4n) is 3.97. The Morgan fingerprint density at radius 3 is 2.36 bits per heavy atom. The van der Waals surface area contributed by atoms with Gasteiger partial charge in [-0.1, -0.05) is 0 Å². The molecule has 1 aromatic heterocycles. The molecule has 0 radical (unpaired) electrons. The van der Waals surface area contributed by atoms with Crippen molar-refractivity contribution in [3.63, 3.8) is 0 Å². The lowest BCUT2D eigenvalue weighted by Crippen LogP contribution is -2.53. The number of allylic oxidation sites excluding steroid dienone is 1. The molecule has 1 saturated carbocycles. The smallest absolute Gasteiger partial charge is 0.227 e. The van der Waals surface area contributed by atoms with Gasteiger partial charge in [0.25, 0.3) is 0 Å². The lowest BCUT2D eigenvalue weighted by atomic mass is 10.1. The first-order valence-corrected chi connectivity index (χ1v) is 13.1. The molecule has 0 bridgehead atoms. The second kappa shape index (κ2) is 10.9. The van der Waals surface area contributed by atoms with E-state index in [1.807, 2.05) is 30.3 Å². The lowest BCUT2D eigenvalue weighted by molar-refractivity contribution is -0.117. The number of aromatic nitrogens is 2. The van der Waals surface area contributed by atoms with Gasteiger partial charge in [-0.05, 0) is 82.6 Å². The summed E-state index contributed by atoms with van der Waals surface area (Å²) in [7, 11) is 0. The van der Waals surface area contributed by atoms with E-state index in [0.717, 1.165) is 55.4 Å². The molecule has 192 valence electrons. The molecule has 0 unspecified atom stereocenters. The second-order valence-electron chi connectivity index (χ2n) is 10.3. The first-order chi connectivity index (χ1) is 17.1. The maximum Gasteiger partial charge on any atom is 0.227 e. The molecule has 2 fully saturated rings. The monoisotopic (exact) mass is 508 g/mol. The zero-order valence-corrected chi connectivity index (χ0v) is 22.3. The number of amides is 1. The van der Waals surface area contributed by atoms with Crippen LogP contribution in [0.4, 0.5) is 17.3 Å². The number of hydrogen-bond donors (Lipinski definition) is 3. The van der Waals surface area contributed by atoms with Crippen LogP contribution in [0.1, 0.15) is 40.5 Å². The molecular weight excluding hydrogens is 472 g/mol. The summed E-state index contributed by atoms with van der Waals surface area (Å²) >= 11 is 1.45. The SMILES string of the molecule is CC(N)=CC(N)=Nc1cc(N2CCN(C(C)(C)C)CC2)nc(Sc2ccc(NC(=O)C3CC3)cc2)n1. The standard InChI is InChI=1S/C26H36N8OS/c1-17(27)15-21(28)30-22-16-23(33-11-13-34(14-12-33)26(2,3)4)32-25(31-22)36-20-9-7-19(8-10-20)29-24(35)18-5-6-18/h7-10,15-16,18H,5-6,11-14,27H2,1-4H3,(H,29,35)(H2,28,30,31,32). The van der Waals surface area contributed by atoms with Crippen molar-refractivity contribution >= 4 is 40.8 Å². The molecule has 2 heterocycles. The number of nitrogens with zero attached hydrogens (tertiary/aromatic N) is 5. The van der Waals surface area contributed by atoms with Crippen molar-refractivity contribution in [3.8, 4) is 0 Å². The summed E-state index contributed by atoms with van der Waals surface area (Å²) in [6.45, 7) is 12.1. The summed E-state index contributed by atoms with van der Waals surface area (Å²) in [5.74, 6) is 1.88. The van der Waals surface area contributed by atoms with Crippen molar-refractivity contribution in [1.82, 2.24) is 14.9 Å². The molecule has 2 aliphatic rings. The fourth-order valence-corrected chi connectivity index (χ4v) is 4.73. The molecule has 5 N–H and O–H groups in total. The highest BCUT2D eigenvalue weighted by Gasteiger charge is 2.29. The molecule has 4 rings (SSSR count). The van der Waals surface area contributed by atoms with Crippen molar-refractivity contribution in [2.45, 2.75) is 56.1 Å². The molecule has 9 nitrogen and oxygen atoms in total. The third-order valence-electron chi connectivity index (χ3n) is 6.13. The van der Waals surface area contributed by atoms with Crippen LogP contribution < -0.4 is 21.7 Å². The predicted octanol–water partition coefficient (Wildman–Crippen LogP) is 3.75. The largest absolute Gasteiger partial charge is 0.402 e. The maximum absolute atomic E-state index is 12.0. The highest BCUT2D eigenvalue weighted by molar-refractivity contribution is 7.99. The summed E-state index contributed by atoms with van der Waals surface area (Å²) < 4.78 is 0. The molecule has 0 spiro atoms. The summed E-state index contributed by atoms with van der Waals surface area (Å²) in [6, 6.07) is 9.61. The van der Waals surface area contributed by atoms with Gasteiger partial charge in [0.2, 0.25) is 5.91 Å². The van der Waals surface area contributed by atoms with Crippen molar-refractivity contribution in [2.75, 3.05) is 36.4 Å². The van der Waals surface area contributed by atoms with Crippen LogP contribution in [0.25, 0.3) is 0 Å². The summed E-state index contributed by atoms with van der Waals surface area (Å²) in [5, 5.41) is 3.55. The molecule has 1 amide bonds. The number of amidine groups is 1. The number of carbonyl (C=O) groups is 1. The van der Waals surface area contributed by atoms with Crippen LogP contribution >= 0.6 is 11.8 Å². The Labute approximate surface area is 217 Å². The van der Waals surface area contributed by atoms with Gasteiger partial charge in [0.05, 0.1) is 0 Å². The Balaban J connectivity index is 1.54. The van der Waals surface area contributed by atoms with Gasteiger partial charge in [0.15, 0.2) is 11.0 Å². The minimum Gasteiger partial charge on any atom is -0.402 e. The van der Waals surface area contributed by atoms with E-state index in [4.69, 9.17) is 16.5 Å². The minimum absolute atomic E-state index is 0.0971. The number of carbonyl (C=O) groups excluding carboxylic acids is 1. The number of hydrogen-bond acceptors (Lipinski definition) is 8. The van der Waals surface area contributed by atoms with Crippen LogP contribution in [0.15, 0.2) is 57.1 Å². The van der Waals surface area contributed by atoms with E-state index in [1.165, 1.54) is 11.8 Å². The van der Waals surface area contributed by atoms with Gasteiger partial charge in [-0.2, -0.15) is 0 Å². The molecule has 2 aromatic rings. The molecule has 1 aromatic carbocycles. The number of benzene rings is 1. The summed E-state index contributed by atoms with van der Waals surface area (Å²) in [6.07, 6.45) is 3.58. The number of anilines is 2. The molecule has 1 aliphatic heterocycles. The normalized spacial score (nSPS) is 17.8. The fraction of sp³-hybridized carbons (Fsp3) is 0.462. The lowest BCUT2D eigenvalue weighted by Gasteiger charge is -2.42. The molecule has 10 heteroatoms. The van der Waals surface area contributed by atoms with Crippen LogP contribution in [0, 0.1) is 5.92 Å². The Hall–Kier alpha value is -3.11. The maximum atomic E-state index is 12.0. The van der Waals surface area contributed by atoms with Crippen molar-refractivity contribution in [2.24, 2.45) is 22.4 Å². The molecular formula is C26H36N8OS. The Bertz CT molecular complexity index is 1140. The number of piperazine rings is 1. The van der Waals surface area contributed by atoms with Gasteiger partial charge in [0.1, 0.15) is 11.7 Å². The average molecular weight is 509 g/mol. The van der Waals surface area contributed by atoms with E-state index in [1.54, 1.807) is 13.0 Å². The Kier molecular flexibility index (Phi) is 7.85. The van der Waals surface area contributed by atoms with Crippen LogP contribution in [0.5, 0.6) is 0 Å². The molecule has 1 aliphatic carbocycles. The number of nitrogens with two attached hydrogens (primary N) is 2. The minimum atomic E-state index is 0.0971. The highest BCUT2D eigenvalue weighted by atomic mass is 32.2. The van der Waals surface area contributed by atoms with E-state index >= 15 is 0 Å². The van der Waals surface area contributed by atoms with E-state index < -0.39 is 0 Å². The van der Waals surface area contributed by atoms with Gasteiger partial charge in [-0.3, -0.25) is 9.69 Å². The van der Waals surface area contributed by atoms with Crippen LogP contribution in [-0.4, -0.2) is 58.3 Å². The summed E-state index contributed by atoms with van der Waals surface area (Å²) in [4.78, 5) is 31.7. The second-order valence-corrected chi connectivity index (χ2v) is 11.4. The number of nitrogens with one attached hydrogen (secondary N) is 1. The highest BCUT2D eigenvalue weighted by Crippen LogP contribution is 2.32. The van der Waals surface area contributed by atoms with Crippen molar-refractivity contribution in [3.05, 3.63) is 42.1 Å². The van der Waals surface area contributed by atoms with E-state index in [-0.39, 0.29) is 17.4 Å². The number of aliphatic imine (C=N–C) groups is 1. The summed E-state index contributed by atoms with van der Waals surface area (Å²) in [5.41, 5.74) is 13.3. The Morgan fingerprint density at radius 1 is 1.11 bits per heavy atom. The van der Waals surface area contributed by atoms with Crippen molar-refractivity contribution in [1.29, 1.82) is 0 Å². The molecule has 1 saturated heterocycles. The average Bonchev–Trinajstić information content (AvgIpc) is 3.65. The molecule has 36 heavy (non-hydrogen) atoms. The third-order valence-corrected chi connectivity index (χ3v) is 7.00. The van der Waals surface area contributed by atoms with Gasteiger partial charge < -0.3 is 21.7 Å². The van der Waals surface area contributed by atoms with Gasteiger partial charge >= 0.3 is 0 Å². The van der Waals surface area contributed by atoms with E-state index in [0.29, 0.717) is 22.5 Å². The first-order valence-electron chi connectivity index (χ1n) is 12.3. The van der Waals surface area contributed by atoms with Gasteiger partial charge in [0, 0.05) is 60.0 Å². The van der Waals surface area contributed by atoms with E-state index in [9.17, 15) is 4.79 Å².